The lowest BCUT2D eigenvalue weighted by Gasteiger charge is -2.16. The summed E-state index contributed by atoms with van der Waals surface area (Å²) in [5, 5.41) is 0. The minimum Gasteiger partial charge on any atom is -0.473 e. The standard InChI is InChI=1S/C19H22BrF2N3O/c1-5-25(4)11-23-18-10-17(20)19(24-13(18)3)26-12(2)6-14-7-15(21)9-16(22)8-14/h7-12H,5-6H2,1-4H3/b23-11+. The third-order valence-electron chi connectivity index (χ3n) is 3.76. The molecular weight excluding hydrogens is 404 g/mol. The Labute approximate surface area is 161 Å². The van der Waals surface area contributed by atoms with E-state index in [0.717, 1.165) is 24.0 Å². The lowest BCUT2D eigenvalue weighted by molar-refractivity contribution is 0.211. The van der Waals surface area contributed by atoms with Crippen molar-refractivity contribution in [3.05, 3.63) is 51.6 Å². The van der Waals surface area contributed by atoms with Gasteiger partial charge in [-0.25, -0.2) is 18.8 Å². The maximum Gasteiger partial charge on any atom is 0.228 e. The summed E-state index contributed by atoms with van der Waals surface area (Å²) < 4.78 is 33.1. The Balaban J connectivity index is 2.11. The second-order valence-corrected chi connectivity index (χ2v) is 6.96. The van der Waals surface area contributed by atoms with Crippen molar-refractivity contribution >= 4 is 28.0 Å². The van der Waals surface area contributed by atoms with Crippen LogP contribution in [0.2, 0.25) is 0 Å². The van der Waals surface area contributed by atoms with Gasteiger partial charge in [0.2, 0.25) is 5.88 Å². The van der Waals surface area contributed by atoms with Gasteiger partial charge in [-0.2, -0.15) is 0 Å². The van der Waals surface area contributed by atoms with Crippen LogP contribution in [0.25, 0.3) is 0 Å². The molecule has 1 aromatic heterocycles. The predicted octanol–water partition coefficient (Wildman–Crippen LogP) is 5.05. The lowest BCUT2D eigenvalue weighted by Crippen LogP contribution is -2.16. The van der Waals surface area contributed by atoms with Gasteiger partial charge in [0, 0.05) is 26.1 Å². The van der Waals surface area contributed by atoms with Crippen LogP contribution in [0, 0.1) is 18.6 Å². The fourth-order valence-electron chi connectivity index (χ4n) is 2.30. The number of hydrogen-bond donors (Lipinski definition) is 0. The Hall–Kier alpha value is -2.02. The van der Waals surface area contributed by atoms with E-state index in [1.54, 1.807) is 6.34 Å². The molecule has 0 saturated carbocycles. The summed E-state index contributed by atoms with van der Waals surface area (Å²) in [6, 6.07) is 5.30. The van der Waals surface area contributed by atoms with Gasteiger partial charge in [0.05, 0.1) is 22.2 Å². The van der Waals surface area contributed by atoms with E-state index in [1.807, 2.05) is 38.8 Å². The third-order valence-corrected chi connectivity index (χ3v) is 4.33. The fraction of sp³-hybridized carbons (Fsp3) is 0.368. The van der Waals surface area contributed by atoms with E-state index in [4.69, 9.17) is 4.74 Å². The van der Waals surface area contributed by atoms with Gasteiger partial charge in [0.15, 0.2) is 0 Å². The SMILES string of the molecule is CCN(C)/C=N/c1cc(Br)c(OC(C)Cc2cc(F)cc(F)c2)nc1C. The number of aryl methyl sites for hydroxylation is 1. The van der Waals surface area contributed by atoms with Crippen LogP contribution in [-0.2, 0) is 6.42 Å². The van der Waals surface area contributed by atoms with Gasteiger partial charge in [-0.05, 0) is 60.5 Å². The van der Waals surface area contributed by atoms with Crippen molar-refractivity contribution in [3.63, 3.8) is 0 Å². The van der Waals surface area contributed by atoms with Crippen molar-refractivity contribution in [2.75, 3.05) is 13.6 Å². The smallest absolute Gasteiger partial charge is 0.228 e. The van der Waals surface area contributed by atoms with Crippen molar-refractivity contribution in [3.8, 4) is 5.88 Å². The average molecular weight is 426 g/mol. The number of halogens is 3. The minimum atomic E-state index is -0.596. The number of hydrogen-bond acceptors (Lipinski definition) is 3. The first-order chi connectivity index (χ1) is 12.3. The molecule has 0 bridgehead atoms. The molecule has 2 aromatic rings. The van der Waals surface area contributed by atoms with Crippen molar-refractivity contribution in [2.45, 2.75) is 33.3 Å². The van der Waals surface area contributed by atoms with E-state index in [-0.39, 0.29) is 6.10 Å². The summed E-state index contributed by atoms with van der Waals surface area (Å²) in [5.74, 6) is -0.766. The van der Waals surface area contributed by atoms with Gasteiger partial charge in [-0.1, -0.05) is 0 Å². The van der Waals surface area contributed by atoms with Crippen LogP contribution in [0.4, 0.5) is 14.5 Å². The molecule has 0 aliphatic carbocycles. The van der Waals surface area contributed by atoms with Crippen LogP contribution < -0.4 is 4.74 Å². The van der Waals surface area contributed by atoms with Crippen LogP contribution in [-0.4, -0.2) is 35.9 Å². The molecule has 1 heterocycles. The number of ether oxygens (including phenoxy) is 1. The van der Waals surface area contributed by atoms with Crippen molar-refractivity contribution < 1.29 is 13.5 Å². The van der Waals surface area contributed by atoms with Gasteiger partial charge in [-0.15, -0.1) is 0 Å². The Morgan fingerprint density at radius 1 is 1.27 bits per heavy atom. The molecule has 0 aliphatic rings. The number of rotatable bonds is 7. The first-order valence-electron chi connectivity index (χ1n) is 8.31. The topological polar surface area (TPSA) is 37.7 Å². The molecule has 1 unspecified atom stereocenters. The molecular formula is C19H22BrF2N3O. The molecule has 1 aromatic carbocycles. The Bertz CT molecular complexity index is 778. The normalized spacial score (nSPS) is 12.4. The fourth-order valence-corrected chi connectivity index (χ4v) is 2.70. The number of nitrogens with zero attached hydrogens (tertiary/aromatic N) is 3. The molecule has 0 N–H and O–H groups in total. The zero-order chi connectivity index (χ0) is 19.3. The zero-order valence-corrected chi connectivity index (χ0v) is 16.8. The predicted molar refractivity (Wildman–Crippen MR) is 103 cm³/mol. The van der Waals surface area contributed by atoms with Crippen LogP contribution in [0.3, 0.4) is 0 Å². The van der Waals surface area contributed by atoms with Crippen LogP contribution in [0.1, 0.15) is 25.1 Å². The van der Waals surface area contributed by atoms with E-state index >= 15 is 0 Å². The molecule has 0 radical (unpaired) electrons. The Kier molecular flexibility index (Phi) is 7.08. The Morgan fingerprint density at radius 2 is 1.92 bits per heavy atom. The van der Waals surface area contributed by atoms with Crippen LogP contribution in [0.5, 0.6) is 5.88 Å². The molecule has 7 heteroatoms. The van der Waals surface area contributed by atoms with E-state index in [1.165, 1.54) is 12.1 Å². The number of aromatic nitrogens is 1. The summed E-state index contributed by atoms with van der Waals surface area (Å²) in [7, 11) is 1.94. The first-order valence-corrected chi connectivity index (χ1v) is 9.11. The Morgan fingerprint density at radius 3 is 2.54 bits per heavy atom. The van der Waals surface area contributed by atoms with Crippen molar-refractivity contribution in [1.82, 2.24) is 9.88 Å². The van der Waals surface area contributed by atoms with Crippen molar-refractivity contribution in [1.29, 1.82) is 0 Å². The summed E-state index contributed by atoms with van der Waals surface area (Å²) in [6.45, 7) is 6.57. The highest BCUT2D eigenvalue weighted by Crippen LogP contribution is 2.30. The molecule has 0 amide bonds. The number of pyridine rings is 1. The molecule has 0 spiro atoms. The second kappa shape index (κ2) is 9.07. The second-order valence-electron chi connectivity index (χ2n) is 6.11. The maximum absolute atomic E-state index is 13.3. The first kappa shape index (κ1) is 20.3. The highest BCUT2D eigenvalue weighted by Gasteiger charge is 2.13. The number of aliphatic imine (C=N–C) groups is 1. The summed E-state index contributed by atoms with van der Waals surface area (Å²) in [5.41, 5.74) is 2.00. The third kappa shape index (κ3) is 5.76. The molecule has 2 rings (SSSR count). The molecule has 0 saturated heterocycles. The van der Waals surface area contributed by atoms with Gasteiger partial charge in [0.25, 0.3) is 0 Å². The van der Waals surface area contributed by atoms with Gasteiger partial charge >= 0.3 is 0 Å². The van der Waals surface area contributed by atoms with Gasteiger partial charge in [0.1, 0.15) is 17.7 Å². The highest BCUT2D eigenvalue weighted by atomic mass is 79.9. The highest BCUT2D eigenvalue weighted by molar-refractivity contribution is 9.10. The number of benzene rings is 1. The minimum absolute atomic E-state index is 0.306. The summed E-state index contributed by atoms with van der Waals surface area (Å²) >= 11 is 3.45. The van der Waals surface area contributed by atoms with Crippen molar-refractivity contribution in [2.24, 2.45) is 4.99 Å². The summed E-state index contributed by atoms with van der Waals surface area (Å²) in [4.78, 5) is 10.8. The van der Waals surface area contributed by atoms with E-state index in [9.17, 15) is 8.78 Å². The maximum atomic E-state index is 13.3. The molecule has 140 valence electrons. The molecule has 0 fully saturated rings. The summed E-state index contributed by atoms with van der Waals surface area (Å²) in [6.07, 6.45) is 1.81. The zero-order valence-electron chi connectivity index (χ0n) is 15.3. The largest absolute Gasteiger partial charge is 0.473 e. The monoisotopic (exact) mass is 425 g/mol. The van der Waals surface area contributed by atoms with Crippen LogP contribution >= 0.6 is 15.9 Å². The van der Waals surface area contributed by atoms with Gasteiger partial charge < -0.3 is 9.64 Å². The molecule has 26 heavy (non-hydrogen) atoms. The van der Waals surface area contributed by atoms with Gasteiger partial charge in [-0.3, -0.25) is 0 Å². The quantitative estimate of drug-likeness (QED) is 0.459. The molecule has 1 atom stereocenters. The molecule has 0 aliphatic heterocycles. The van der Waals surface area contributed by atoms with E-state index < -0.39 is 11.6 Å². The van der Waals surface area contributed by atoms with E-state index in [2.05, 4.69) is 25.9 Å². The van der Waals surface area contributed by atoms with Crippen LogP contribution in [0.15, 0.2) is 33.7 Å². The average Bonchev–Trinajstić information content (AvgIpc) is 2.55. The van der Waals surface area contributed by atoms with E-state index in [0.29, 0.717) is 22.3 Å². The molecule has 4 nitrogen and oxygen atoms in total. The lowest BCUT2D eigenvalue weighted by atomic mass is 10.1.